The molecule has 7 heteroatoms. The molecular weight excluding hydrogens is 229 g/mol. The van der Waals surface area contributed by atoms with E-state index in [4.69, 9.17) is 5.11 Å². The summed E-state index contributed by atoms with van der Waals surface area (Å²) in [4.78, 5) is 20.1. The number of carbonyl (C=O) groups is 1. The first kappa shape index (κ1) is 11.7. The molecule has 0 aromatic carbocycles. The molecule has 2 N–H and O–H groups in total. The standard InChI is InChI=1S/C10H12FN3O3/c11-7-5-12-9(13-6-7)14-3-1-10(17,2-4-14)8(15)16/h5-6,17H,1-4H2,(H,15,16). The minimum atomic E-state index is -1.67. The third-order valence-electron chi connectivity index (χ3n) is 2.88. The third kappa shape index (κ3) is 2.33. The van der Waals surface area contributed by atoms with Crippen molar-refractivity contribution in [2.24, 2.45) is 0 Å². The second-order valence-electron chi connectivity index (χ2n) is 4.03. The molecule has 0 atom stereocenters. The number of hydrogen-bond acceptors (Lipinski definition) is 5. The smallest absolute Gasteiger partial charge is 0.335 e. The quantitative estimate of drug-likeness (QED) is 0.759. The average molecular weight is 241 g/mol. The number of carboxylic acid groups (broad SMARTS) is 1. The molecule has 1 aromatic rings. The zero-order valence-electron chi connectivity index (χ0n) is 9.01. The molecule has 6 nitrogen and oxygen atoms in total. The molecule has 2 heterocycles. The molecule has 17 heavy (non-hydrogen) atoms. The van der Waals surface area contributed by atoms with Crippen LogP contribution in [0.25, 0.3) is 0 Å². The van der Waals surface area contributed by atoms with Crippen LogP contribution >= 0.6 is 0 Å². The number of nitrogens with zero attached hydrogens (tertiary/aromatic N) is 3. The normalized spacial score (nSPS) is 19.1. The number of hydrogen-bond donors (Lipinski definition) is 2. The van der Waals surface area contributed by atoms with Crippen LogP contribution in [0.4, 0.5) is 10.3 Å². The minimum Gasteiger partial charge on any atom is -0.479 e. The summed E-state index contributed by atoms with van der Waals surface area (Å²) in [7, 11) is 0. The van der Waals surface area contributed by atoms with Crippen LogP contribution in [-0.2, 0) is 4.79 Å². The number of rotatable bonds is 2. The van der Waals surface area contributed by atoms with E-state index in [2.05, 4.69) is 9.97 Å². The first-order chi connectivity index (χ1) is 8.01. The third-order valence-corrected chi connectivity index (χ3v) is 2.88. The van der Waals surface area contributed by atoms with E-state index in [0.717, 1.165) is 12.4 Å². The monoisotopic (exact) mass is 241 g/mol. The largest absolute Gasteiger partial charge is 0.479 e. The summed E-state index contributed by atoms with van der Waals surface area (Å²) in [6, 6.07) is 0. The van der Waals surface area contributed by atoms with Crippen molar-refractivity contribution < 1.29 is 19.4 Å². The van der Waals surface area contributed by atoms with E-state index in [-0.39, 0.29) is 12.8 Å². The summed E-state index contributed by atoms with van der Waals surface area (Å²) >= 11 is 0. The van der Waals surface area contributed by atoms with Gasteiger partial charge in [-0.15, -0.1) is 0 Å². The summed E-state index contributed by atoms with van der Waals surface area (Å²) in [5, 5.41) is 18.6. The molecule has 0 amide bonds. The summed E-state index contributed by atoms with van der Waals surface area (Å²) in [6.07, 6.45) is 2.31. The Labute approximate surface area is 96.7 Å². The van der Waals surface area contributed by atoms with Crippen LogP contribution in [0.5, 0.6) is 0 Å². The number of halogens is 1. The molecule has 0 aliphatic carbocycles. The maximum Gasteiger partial charge on any atom is 0.335 e. The van der Waals surface area contributed by atoms with Gasteiger partial charge in [-0.25, -0.2) is 19.2 Å². The molecule has 1 fully saturated rings. The zero-order chi connectivity index (χ0) is 12.5. The first-order valence-electron chi connectivity index (χ1n) is 5.19. The van der Waals surface area contributed by atoms with E-state index < -0.39 is 17.4 Å². The number of aliphatic hydroxyl groups is 1. The maximum absolute atomic E-state index is 12.6. The van der Waals surface area contributed by atoms with Gasteiger partial charge >= 0.3 is 5.97 Å². The van der Waals surface area contributed by atoms with E-state index in [0.29, 0.717) is 19.0 Å². The molecule has 92 valence electrons. The van der Waals surface area contributed by atoms with Crippen LogP contribution in [-0.4, -0.2) is 44.8 Å². The lowest BCUT2D eigenvalue weighted by molar-refractivity contribution is -0.160. The lowest BCUT2D eigenvalue weighted by atomic mass is 9.92. The molecule has 0 radical (unpaired) electrons. The van der Waals surface area contributed by atoms with Crippen LogP contribution in [0, 0.1) is 5.82 Å². The highest BCUT2D eigenvalue weighted by Gasteiger charge is 2.39. The van der Waals surface area contributed by atoms with Gasteiger partial charge in [-0.3, -0.25) is 0 Å². The molecule has 2 rings (SSSR count). The average Bonchev–Trinajstić information content (AvgIpc) is 2.31. The van der Waals surface area contributed by atoms with E-state index in [1.807, 2.05) is 0 Å². The van der Waals surface area contributed by atoms with Crippen molar-refractivity contribution in [2.75, 3.05) is 18.0 Å². The van der Waals surface area contributed by atoms with Crippen LogP contribution in [0.2, 0.25) is 0 Å². The van der Waals surface area contributed by atoms with Gasteiger partial charge in [0, 0.05) is 25.9 Å². The van der Waals surface area contributed by atoms with Gasteiger partial charge in [0.15, 0.2) is 11.4 Å². The Morgan fingerprint density at radius 3 is 2.35 bits per heavy atom. The minimum absolute atomic E-state index is 0.100. The van der Waals surface area contributed by atoms with E-state index in [9.17, 15) is 14.3 Å². The molecule has 0 saturated carbocycles. The van der Waals surface area contributed by atoms with Gasteiger partial charge in [-0.1, -0.05) is 0 Å². The second kappa shape index (κ2) is 4.25. The number of anilines is 1. The summed E-state index contributed by atoms with van der Waals surface area (Å²) in [5.74, 6) is -1.39. The zero-order valence-corrected chi connectivity index (χ0v) is 9.01. The Hall–Kier alpha value is -1.76. The van der Waals surface area contributed by atoms with Crippen molar-refractivity contribution in [3.8, 4) is 0 Å². The molecule has 0 spiro atoms. The Balaban J connectivity index is 2.04. The Bertz CT molecular complexity index is 415. The van der Waals surface area contributed by atoms with Crippen molar-refractivity contribution in [3.05, 3.63) is 18.2 Å². The van der Waals surface area contributed by atoms with E-state index >= 15 is 0 Å². The van der Waals surface area contributed by atoms with Gasteiger partial charge < -0.3 is 15.1 Å². The molecular formula is C10H12FN3O3. The molecule has 0 unspecified atom stereocenters. The number of aromatic nitrogens is 2. The van der Waals surface area contributed by atoms with Gasteiger partial charge in [0.1, 0.15) is 0 Å². The molecule has 0 bridgehead atoms. The predicted molar refractivity (Wildman–Crippen MR) is 56.0 cm³/mol. The first-order valence-corrected chi connectivity index (χ1v) is 5.19. The Morgan fingerprint density at radius 1 is 1.35 bits per heavy atom. The lowest BCUT2D eigenvalue weighted by Crippen LogP contribution is -2.49. The molecule has 1 saturated heterocycles. The summed E-state index contributed by atoms with van der Waals surface area (Å²) < 4.78 is 12.6. The van der Waals surface area contributed by atoms with Gasteiger partial charge in [0.2, 0.25) is 5.95 Å². The van der Waals surface area contributed by atoms with Crippen LogP contribution in [0.3, 0.4) is 0 Å². The summed E-state index contributed by atoms with van der Waals surface area (Å²) in [5.41, 5.74) is -1.67. The van der Waals surface area contributed by atoms with Gasteiger partial charge in [-0.2, -0.15) is 0 Å². The Kier molecular flexibility index (Phi) is 2.93. The fraction of sp³-hybridized carbons (Fsp3) is 0.500. The topological polar surface area (TPSA) is 86.5 Å². The summed E-state index contributed by atoms with van der Waals surface area (Å²) in [6.45, 7) is 0.656. The van der Waals surface area contributed by atoms with Crippen LogP contribution in [0.1, 0.15) is 12.8 Å². The van der Waals surface area contributed by atoms with Crippen molar-refractivity contribution >= 4 is 11.9 Å². The highest BCUT2D eigenvalue weighted by molar-refractivity contribution is 5.77. The van der Waals surface area contributed by atoms with Crippen molar-refractivity contribution in [1.29, 1.82) is 0 Å². The fourth-order valence-electron chi connectivity index (χ4n) is 1.76. The molecule has 1 aromatic heterocycles. The Morgan fingerprint density at radius 2 is 1.88 bits per heavy atom. The SMILES string of the molecule is O=C(O)C1(O)CCN(c2ncc(F)cn2)CC1. The molecule has 1 aliphatic rings. The van der Waals surface area contributed by atoms with Crippen molar-refractivity contribution in [2.45, 2.75) is 18.4 Å². The van der Waals surface area contributed by atoms with Crippen LogP contribution < -0.4 is 4.90 Å². The van der Waals surface area contributed by atoms with Crippen molar-refractivity contribution in [3.63, 3.8) is 0 Å². The van der Waals surface area contributed by atoms with Gasteiger partial charge in [-0.05, 0) is 0 Å². The van der Waals surface area contributed by atoms with Gasteiger partial charge in [0.25, 0.3) is 0 Å². The van der Waals surface area contributed by atoms with E-state index in [1.165, 1.54) is 0 Å². The predicted octanol–water partition coefficient (Wildman–Crippen LogP) is 0.0316. The van der Waals surface area contributed by atoms with E-state index in [1.54, 1.807) is 4.90 Å². The van der Waals surface area contributed by atoms with Crippen LogP contribution in [0.15, 0.2) is 12.4 Å². The number of piperidine rings is 1. The highest BCUT2D eigenvalue weighted by Crippen LogP contribution is 2.24. The lowest BCUT2D eigenvalue weighted by Gasteiger charge is -2.35. The molecule has 1 aliphatic heterocycles. The van der Waals surface area contributed by atoms with Crippen molar-refractivity contribution in [1.82, 2.24) is 9.97 Å². The second-order valence-corrected chi connectivity index (χ2v) is 4.03. The maximum atomic E-state index is 12.6. The van der Waals surface area contributed by atoms with Gasteiger partial charge in [0.05, 0.1) is 12.4 Å². The number of aliphatic carboxylic acids is 1. The fourth-order valence-corrected chi connectivity index (χ4v) is 1.76. The highest BCUT2D eigenvalue weighted by atomic mass is 19.1. The number of carboxylic acids is 1.